The Hall–Kier alpha value is -3.79. The molecular formula is C21H22N4O5S. The van der Waals surface area contributed by atoms with Crippen molar-refractivity contribution in [2.75, 3.05) is 38.6 Å². The second-order valence-electron chi connectivity index (χ2n) is 6.07. The minimum atomic E-state index is -0.416. The van der Waals surface area contributed by atoms with Crippen LogP contribution >= 0.6 is 11.3 Å². The molecule has 0 amide bonds. The molecule has 0 saturated carbocycles. The molecule has 0 aliphatic carbocycles. The van der Waals surface area contributed by atoms with Crippen LogP contribution < -0.4 is 25.4 Å². The summed E-state index contributed by atoms with van der Waals surface area (Å²) in [5.41, 5.74) is 9.63. The number of carbonyl (C=O) groups is 1. The number of benzene rings is 2. The molecule has 3 rings (SSSR count). The fourth-order valence-corrected chi connectivity index (χ4v) is 3.07. The van der Waals surface area contributed by atoms with Gasteiger partial charge in [-0.1, -0.05) is 6.07 Å². The van der Waals surface area contributed by atoms with Crippen LogP contribution in [0.15, 0.2) is 52.9 Å². The lowest BCUT2D eigenvalue weighted by atomic mass is 10.2. The zero-order chi connectivity index (χ0) is 22.1. The van der Waals surface area contributed by atoms with Crippen molar-refractivity contribution < 1.29 is 23.7 Å². The van der Waals surface area contributed by atoms with Crippen LogP contribution in [-0.4, -0.2) is 44.6 Å². The summed E-state index contributed by atoms with van der Waals surface area (Å²) < 4.78 is 21.5. The number of aromatic nitrogens is 1. The highest BCUT2D eigenvalue weighted by Gasteiger charge is 2.08. The standard InChI is InChI=1S/C21H22N4O5S/c1-27-18-10-14(12-23-25-21-24-19(22)13-31-21)6-7-17(18)30-9-8-29-16-5-3-4-15(11-16)20(26)28-2/h3-7,10-13H,8-9,22H2,1-2H3,(H,24,25). The van der Waals surface area contributed by atoms with E-state index in [0.717, 1.165) is 5.56 Å². The zero-order valence-electron chi connectivity index (χ0n) is 17.0. The number of anilines is 2. The first-order chi connectivity index (χ1) is 15.1. The van der Waals surface area contributed by atoms with Crippen LogP contribution in [0.3, 0.4) is 0 Å². The maximum atomic E-state index is 11.6. The van der Waals surface area contributed by atoms with Crippen LogP contribution in [0, 0.1) is 0 Å². The van der Waals surface area contributed by atoms with Crippen molar-refractivity contribution in [3.8, 4) is 17.2 Å². The number of hydrazone groups is 1. The summed E-state index contributed by atoms with van der Waals surface area (Å²) in [5, 5.41) is 6.47. The monoisotopic (exact) mass is 442 g/mol. The van der Waals surface area contributed by atoms with Gasteiger partial charge in [0, 0.05) is 5.38 Å². The van der Waals surface area contributed by atoms with E-state index < -0.39 is 5.97 Å². The second-order valence-corrected chi connectivity index (χ2v) is 6.93. The smallest absolute Gasteiger partial charge is 0.337 e. The first kappa shape index (κ1) is 21.9. The lowest BCUT2D eigenvalue weighted by Crippen LogP contribution is -2.10. The van der Waals surface area contributed by atoms with Crippen LogP contribution in [0.1, 0.15) is 15.9 Å². The summed E-state index contributed by atoms with van der Waals surface area (Å²) in [6.45, 7) is 0.580. The van der Waals surface area contributed by atoms with Gasteiger partial charge in [-0.3, -0.25) is 5.43 Å². The summed E-state index contributed by atoms with van der Waals surface area (Å²) in [7, 11) is 2.90. The molecule has 2 aromatic carbocycles. The summed E-state index contributed by atoms with van der Waals surface area (Å²) in [6, 6.07) is 12.2. The molecule has 3 N–H and O–H groups in total. The number of thiazole rings is 1. The molecule has 0 radical (unpaired) electrons. The number of hydrogen-bond acceptors (Lipinski definition) is 10. The number of esters is 1. The lowest BCUT2D eigenvalue weighted by Gasteiger charge is -2.12. The Morgan fingerprint density at radius 1 is 1.16 bits per heavy atom. The first-order valence-electron chi connectivity index (χ1n) is 9.21. The minimum absolute atomic E-state index is 0.290. The van der Waals surface area contributed by atoms with Crippen molar-refractivity contribution >= 4 is 34.5 Å². The average molecular weight is 442 g/mol. The van der Waals surface area contributed by atoms with Crippen molar-refractivity contribution in [3.05, 3.63) is 59.0 Å². The molecule has 0 aliphatic rings. The van der Waals surface area contributed by atoms with Gasteiger partial charge in [0.1, 0.15) is 24.8 Å². The summed E-state index contributed by atoms with van der Waals surface area (Å²) in [6.07, 6.45) is 1.64. The van der Waals surface area contributed by atoms with Gasteiger partial charge in [-0.25, -0.2) is 9.78 Å². The molecule has 31 heavy (non-hydrogen) atoms. The Kier molecular flexibility index (Phi) is 7.66. The molecule has 1 aromatic heterocycles. The van der Waals surface area contributed by atoms with E-state index in [1.165, 1.54) is 18.4 Å². The summed E-state index contributed by atoms with van der Waals surface area (Å²) in [4.78, 5) is 15.6. The van der Waals surface area contributed by atoms with Gasteiger partial charge in [0.05, 0.1) is 26.0 Å². The highest BCUT2D eigenvalue weighted by atomic mass is 32.1. The van der Waals surface area contributed by atoms with E-state index in [1.807, 2.05) is 6.07 Å². The normalized spacial score (nSPS) is 10.6. The van der Waals surface area contributed by atoms with E-state index in [1.54, 1.807) is 55.1 Å². The average Bonchev–Trinajstić information content (AvgIpc) is 3.21. The van der Waals surface area contributed by atoms with Crippen LogP contribution in [0.5, 0.6) is 17.2 Å². The van der Waals surface area contributed by atoms with Gasteiger partial charge in [0.2, 0.25) is 5.13 Å². The Bertz CT molecular complexity index is 1050. The lowest BCUT2D eigenvalue weighted by molar-refractivity contribution is 0.0600. The maximum absolute atomic E-state index is 11.6. The maximum Gasteiger partial charge on any atom is 0.337 e. The Balaban J connectivity index is 1.51. The van der Waals surface area contributed by atoms with Crippen LogP contribution in [0.2, 0.25) is 0 Å². The van der Waals surface area contributed by atoms with E-state index in [4.69, 9.17) is 24.7 Å². The predicted octanol–water partition coefficient (Wildman–Crippen LogP) is 3.42. The van der Waals surface area contributed by atoms with Gasteiger partial charge in [0.15, 0.2) is 11.5 Å². The summed E-state index contributed by atoms with van der Waals surface area (Å²) in [5.74, 6) is 1.73. The largest absolute Gasteiger partial charge is 0.493 e. The topological polar surface area (TPSA) is 117 Å². The number of nitrogens with two attached hydrogens (primary N) is 1. The Labute approximate surface area is 183 Å². The molecule has 0 unspecified atom stereocenters. The number of carbonyl (C=O) groups excluding carboxylic acids is 1. The highest BCUT2D eigenvalue weighted by molar-refractivity contribution is 7.14. The van der Waals surface area contributed by atoms with Crippen molar-refractivity contribution in [3.63, 3.8) is 0 Å². The molecular weight excluding hydrogens is 420 g/mol. The third-order valence-electron chi connectivity index (χ3n) is 3.95. The van der Waals surface area contributed by atoms with Gasteiger partial charge >= 0.3 is 5.97 Å². The second kappa shape index (κ2) is 10.8. The molecule has 9 nitrogen and oxygen atoms in total. The molecule has 1 heterocycles. The molecule has 0 spiro atoms. The fraction of sp³-hybridized carbons (Fsp3) is 0.190. The molecule has 0 bridgehead atoms. The van der Waals surface area contributed by atoms with E-state index in [9.17, 15) is 4.79 Å². The Morgan fingerprint density at radius 2 is 2.00 bits per heavy atom. The van der Waals surface area contributed by atoms with Gasteiger partial charge in [-0.15, -0.1) is 11.3 Å². The number of rotatable bonds is 10. The summed E-state index contributed by atoms with van der Waals surface area (Å²) >= 11 is 1.37. The third-order valence-corrected chi connectivity index (χ3v) is 4.71. The SMILES string of the molecule is COC(=O)c1cccc(OCCOc2ccc(C=NNc3nc(N)cs3)cc2OC)c1. The van der Waals surface area contributed by atoms with Gasteiger partial charge < -0.3 is 24.7 Å². The molecule has 0 atom stereocenters. The fourth-order valence-electron chi connectivity index (χ4n) is 2.53. The molecule has 3 aromatic rings. The van der Waals surface area contributed by atoms with Gasteiger partial charge in [0.25, 0.3) is 0 Å². The van der Waals surface area contributed by atoms with Crippen molar-refractivity contribution in [1.82, 2.24) is 4.98 Å². The number of nitrogens with one attached hydrogen (secondary N) is 1. The third kappa shape index (κ3) is 6.34. The molecule has 10 heteroatoms. The molecule has 0 aliphatic heterocycles. The van der Waals surface area contributed by atoms with Crippen molar-refractivity contribution in [2.24, 2.45) is 5.10 Å². The van der Waals surface area contributed by atoms with Gasteiger partial charge in [-0.05, 0) is 42.0 Å². The highest BCUT2D eigenvalue weighted by Crippen LogP contribution is 2.27. The molecule has 0 fully saturated rings. The quantitative estimate of drug-likeness (QED) is 0.212. The zero-order valence-corrected chi connectivity index (χ0v) is 17.8. The van der Waals surface area contributed by atoms with Crippen LogP contribution in [0.25, 0.3) is 0 Å². The van der Waals surface area contributed by atoms with E-state index in [0.29, 0.717) is 40.4 Å². The molecule has 0 saturated heterocycles. The van der Waals surface area contributed by atoms with E-state index in [2.05, 4.69) is 15.5 Å². The number of methoxy groups -OCH3 is 2. The van der Waals surface area contributed by atoms with Crippen LogP contribution in [0.4, 0.5) is 10.9 Å². The van der Waals surface area contributed by atoms with Crippen LogP contribution in [-0.2, 0) is 4.74 Å². The van der Waals surface area contributed by atoms with E-state index >= 15 is 0 Å². The van der Waals surface area contributed by atoms with Gasteiger partial charge in [-0.2, -0.15) is 5.10 Å². The van der Waals surface area contributed by atoms with Crippen molar-refractivity contribution in [2.45, 2.75) is 0 Å². The first-order valence-corrected chi connectivity index (χ1v) is 10.1. The Morgan fingerprint density at radius 3 is 2.74 bits per heavy atom. The predicted molar refractivity (Wildman–Crippen MR) is 120 cm³/mol. The minimum Gasteiger partial charge on any atom is -0.493 e. The number of ether oxygens (including phenoxy) is 4. The van der Waals surface area contributed by atoms with Crippen molar-refractivity contribution in [1.29, 1.82) is 0 Å². The molecule has 162 valence electrons. The van der Waals surface area contributed by atoms with E-state index in [-0.39, 0.29) is 6.61 Å². The number of nitrogen functional groups attached to an aromatic ring is 1. The number of hydrogen-bond donors (Lipinski definition) is 2. The number of nitrogens with zero attached hydrogens (tertiary/aromatic N) is 2.